The van der Waals surface area contributed by atoms with Crippen molar-refractivity contribution in [2.45, 2.75) is 60.3 Å². The van der Waals surface area contributed by atoms with E-state index in [4.69, 9.17) is 0 Å². The molecule has 0 saturated heterocycles. The lowest BCUT2D eigenvalue weighted by Crippen LogP contribution is -2.18. The molecular weight excluding hydrogens is 168 g/mol. The van der Waals surface area contributed by atoms with E-state index in [1.807, 2.05) is 0 Å². The molecule has 0 aromatic carbocycles. The van der Waals surface area contributed by atoms with Gasteiger partial charge in [-0.2, -0.15) is 0 Å². The van der Waals surface area contributed by atoms with E-state index < -0.39 is 0 Å². The molecular formula is C14H28. The fourth-order valence-corrected chi connectivity index (χ4v) is 3.17. The maximum absolute atomic E-state index is 2.48. The Balaban J connectivity index is 2.60. The molecule has 1 rings (SSSR count). The van der Waals surface area contributed by atoms with E-state index >= 15 is 0 Å². The molecule has 1 saturated carbocycles. The van der Waals surface area contributed by atoms with Crippen LogP contribution in [0.25, 0.3) is 0 Å². The van der Waals surface area contributed by atoms with Gasteiger partial charge in [-0.3, -0.25) is 0 Å². The third-order valence-electron chi connectivity index (χ3n) is 4.78. The topological polar surface area (TPSA) is 0 Å². The summed E-state index contributed by atoms with van der Waals surface area (Å²) < 4.78 is 0. The molecule has 0 amide bonds. The molecule has 0 aromatic rings. The number of rotatable bonds is 2. The van der Waals surface area contributed by atoms with Crippen molar-refractivity contribution in [3.8, 4) is 0 Å². The Morgan fingerprint density at radius 1 is 1.00 bits per heavy atom. The van der Waals surface area contributed by atoms with Gasteiger partial charge >= 0.3 is 0 Å². The van der Waals surface area contributed by atoms with E-state index in [1.165, 1.54) is 25.7 Å². The van der Waals surface area contributed by atoms with Crippen LogP contribution in [0.4, 0.5) is 0 Å². The van der Waals surface area contributed by atoms with Crippen LogP contribution in [0, 0.1) is 29.6 Å². The first-order valence-electron chi connectivity index (χ1n) is 6.56. The molecule has 5 unspecified atom stereocenters. The molecule has 0 heterocycles. The van der Waals surface area contributed by atoms with Crippen LogP contribution in [0.1, 0.15) is 60.3 Å². The maximum atomic E-state index is 2.48. The molecule has 84 valence electrons. The van der Waals surface area contributed by atoms with Crippen molar-refractivity contribution in [2.75, 3.05) is 0 Å². The van der Waals surface area contributed by atoms with Crippen molar-refractivity contribution in [1.29, 1.82) is 0 Å². The van der Waals surface area contributed by atoms with Crippen LogP contribution in [0.3, 0.4) is 0 Å². The predicted octanol–water partition coefficient (Wildman–Crippen LogP) is 4.74. The first kappa shape index (κ1) is 12.1. The highest BCUT2D eigenvalue weighted by atomic mass is 14.3. The van der Waals surface area contributed by atoms with Crippen molar-refractivity contribution < 1.29 is 0 Å². The van der Waals surface area contributed by atoms with Gasteiger partial charge in [-0.05, 0) is 42.4 Å². The third-order valence-corrected chi connectivity index (χ3v) is 4.78. The van der Waals surface area contributed by atoms with E-state index in [0.29, 0.717) is 0 Å². The summed E-state index contributed by atoms with van der Waals surface area (Å²) in [4.78, 5) is 0. The van der Waals surface area contributed by atoms with Gasteiger partial charge in [0.15, 0.2) is 0 Å². The van der Waals surface area contributed by atoms with Crippen LogP contribution in [0.15, 0.2) is 0 Å². The molecule has 0 spiro atoms. The second-order valence-electron chi connectivity index (χ2n) is 5.79. The highest BCUT2D eigenvalue weighted by Gasteiger charge is 2.29. The molecule has 1 aliphatic carbocycles. The van der Waals surface area contributed by atoms with Gasteiger partial charge in [-0.25, -0.2) is 0 Å². The summed E-state index contributed by atoms with van der Waals surface area (Å²) in [5.41, 5.74) is 0. The normalized spacial score (nSPS) is 41.8. The summed E-state index contributed by atoms with van der Waals surface area (Å²) in [5, 5.41) is 0. The summed E-state index contributed by atoms with van der Waals surface area (Å²) >= 11 is 0. The Kier molecular flexibility index (Phi) is 4.47. The summed E-state index contributed by atoms with van der Waals surface area (Å²) in [6, 6.07) is 0. The zero-order chi connectivity index (χ0) is 10.7. The van der Waals surface area contributed by atoms with Gasteiger partial charge in [0.25, 0.3) is 0 Å². The second kappa shape index (κ2) is 5.19. The van der Waals surface area contributed by atoms with Crippen LogP contribution in [-0.2, 0) is 0 Å². The molecule has 0 nitrogen and oxygen atoms in total. The molecule has 0 bridgehead atoms. The number of hydrogen-bond donors (Lipinski definition) is 0. The quantitative estimate of drug-likeness (QED) is 0.560. The van der Waals surface area contributed by atoms with Crippen LogP contribution in [0.2, 0.25) is 0 Å². The lowest BCUT2D eigenvalue weighted by molar-refractivity contribution is 0.226. The smallest absolute Gasteiger partial charge is 0.0363 e. The monoisotopic (exact) mass is 196 g/mol. The molecule has 1 fully saturated rings. The Hall–Kier alpha value is 0. The fourth-order valence-electron chi connectivity index (χ4n) is 3.17. The van der Waals surface area contributed by atoms with E-state index in [-0.39, 0.29) is 0 Å². The minimum absolute atomic E-state index is 0.933. The van der Waals surface area contributed by atoms with Gasteiger partial charge in [0.2, 0.25) is 0 Å². The highest BCUT2D eigenvalue weighted by Crippen LogP contribution is 2.39. The van der Waals surface area contributed by atoms with Gasteiger partial charge in [-0.1, -0.05) is 47.5 Å². The predicted molar refractivity (Wildman–Crippen MR) is 64.3 cm³/mol. The summed E-state index contributed by atoms with van der Waals surface area (Å²) in [5.74, 6) is 4.77. The van der Waals surface area contributed by atoms with Gasteiger partial charge in [0.05, 0.1) is 0 Å². The zero-order valence-electron chi connectivity index (χ0n) is 10.7. The fraction of sp³-hybridized carbons (Fsp3) is 1.00. The van der Waals surface area contributed by atoms with Crippen LogP contribution in [-0.4, -0.2) is 0 Å². The molecule has 0 radical (unpaired) electrons. The van der Waals surface area contributed by atoms with E-state index in [9.17, 15) is 0 Å². The van der Waals surface area contributed by atoms with Crippen LogP contribution in [0.5, 0.6) is 0 Å². The molecule has 0 heteroatoms. The standard InChI is InChI=1S/C14H28/c1-6-10(2)14-8-7-11(3)12(4)9-13(14)5/h10-14H,6-9H2,1-5H3. The Bertz CT molecular complexity index is 161. The lowest BCUT2D eigenvalue weighted by Gasteiger charge is -2.27. The Labute approximate surface area is 90.5 Å². The largest absolute Gasteiger partial charge is 0.0651 e. The minimum Gasteiger partial charge on any atom is -0.0651 e. The van der Waals surface area contributed by atoms with Crippen LogP contribution < -0.4 is 0 Å². The van der Waals surface area contributed by atoms with Gasteiger partial charge < -0.3 is 0 Å². The minimum atomic E-state index is 0.933. The van der Waals surface area contributed by atoms with Crippen molar-refractivity contribution in [3.05, 3.63) is 0 Å². The first-order chi connectivity index (χ1) is 6.56. The van der Waals surface area contributed by atoms with Gasteiger partial charge in [0, 0.05) is 0 Å². The highest BCUT2D eigenvalue weighted by molar-refractivity contribution is 4.79. The lowest BCUT2D eigenvalue weighted by atomic mass is 9.78. The first-order valence-corrected chi connectivity index (χ1v) is 6.56. The molecule has 1 aliphatic rings. The van der Waals surface area contributed by atoms with Gasteiger partial charge in [0.1, 0.15) is 0 Å². The van der Waals surface area contributed by atoms with Gasteiger partial charge in [-0.15, -0.1) is 0 Å². The molecule has 5 atom stereocenters. The molecule has 0 N–H and O–H groups in total. The van der Waals surface area contributed by atoms with Crippen molar-refractivity contribution in [1.82, 2.24) is 0 Å². The van der Waals surface area contributed by atoms with E-state index in [1.54, 1.807) is 0 Å². The summed E-state index contributed by atoms with van der Waals surface area (Å²) in [6.07, 6.45) is 5.75. The van der Waals surface area contributed by atoms with Crippen LogP contribution >= 0.6 is 0 Å². The van der Waals surface area contributed by atoms with Crippen molar-refractivity contribution in [2.24, 2.45) is 29.6 Å². The average molecular weight is 196 g/mol. The summed E-state index contributed by atoms with van der Waals surface area (Å²) in [6.45, 7) is 12.2. The molecule has 14 heavy (non-hydrogen) atoms. The van der Waals surface area contributed by atoms with Crippen molar-refractivity contribution in [3.63, 3.8) is 0 Å². The van der Waals surface area contributed by atoms with E-state index in [2.05, 4.69) is 34.6 Å². The second-order valence-corrected chi connectivity index (χ2v) is 5.79. The molecule has 0 aromatic heterocycles. The van der Waals surface area contributed by atoms with E-state index in [0.717, 1.165) is 29.6 Å². The Morgan fingerprint density at radius 3 is 2.21 bits per heavy atom. The summed E-state index contributed by atoms with van der Waals surface area (Å²) in [7, 11) is 0. The zero-order valence-corrected chi connectivity index (χ0v) is 10.7. The molecule has 0 aliphatic heterocycles. The third kappa shape index (κ3) is 2.74. The SMILES string of the molecule is CCC(C)C1CCC(C)C(C)CC1C. The van der Waals surface area contributed by atoms with Crippen molar-refractivity contribution >= 4 is 0 Å². The Morgan fingerprint density at radius 2 is 1.64 bits per heavy atom. The number of hydrogen-bond acceptors (Lipinski definition) is 0. The average Bonchev–Trinajstić information content (AvgIpc) is 2.27. The maximum Gasteiger partial charge on any atom is -0.0363 e.